The van der Waals surface area contributed by atoms with E-state index in [2.05, 4.69) is 40.7 Å². The van der Waals surface area contributed by atoms with Crippen molar-refractivity contribution in [2.24, 2.45) is 11.3 Å². The van der Waals surface area contributed by atoms with Gasteiger partial charge in [0.25, 0.3) is 15.7 Å². The number of hydrogen-bond donors (Lipinski definition) is 0. The van der Waals surface area contributed by atoms with E-state index in [-0.39, 0.29) is 46.1 Å². The van der Waals surface area contributed by atoms with Gasteiger partial charge in [0.1, 0.15) is 5.75 Å². The summed E-state index contributed by atoms with van der Waals surface area (Å²) in [4.78, 5) is 59.0. The number of carbonyl (C=O) groups is 4. The number of ether oxygens (including phenoxy) is 6. The molecule has 0 N–H and O–H groups in total. The molecule has 484 valence electrons. The minimum atomic E-state index is -5.90. The Morgan fingerprint density at radius 1 is 0.767 bits per heavy atom. The number of anilines is 1. The van der Waals surface area contributed by atoms with E-state index in [1.165, 1.54) is 34.0 Å². The quantitative estimate of drug-likeness (QED) is 0.0261. The summed E-state index contributed by atoms with van der Waals surface area (Å²) in [6.45, 7) is 16.8. The summed E-state index contributed by atoms with van der Waals surface area (Å²) in [6.07, 6.45) is -2.34. The molecule has 90 heavy (non-hydrogen) atoms. The van der Waals surface area contributed by atoms with Crippen LogP contribution in [0.5, 0.6) is 5.75 Å². The third-order valence-corrected chi connectivity index (χ3v) is 20.6. The summed E-state index contributed by atoms with van der Waals surface area (Å²) in [5.74, 6) is -2.19. The Morgan fingerprint density at radius 3 is 2.06 bits per heavy atom. The van der Waals surface area contributed by atoms with Gasteiger partial charge in [0.2, 0.25) is 12.4 Å². The van der Waals surface area contributed by atoms with Crippen LogP contribution in [0.1, 0.15) is 94.3 Å². The average Bonchev–Trinajstić information content (AvgIpc) is 1.10. The van der Waals surface area contributed by atoms with Crippen molar-refractivity contribution in [2.75, 3.05) is 76.2 Å². The number of benzene rings is 5. The zero-order valence-electron chi connectivity index (χ0n) is 51.5. The molecule has 3 aliphatic heterocycles. The minimum absolute atomic E-state index is 0.0215. The summed E-state index contributed by atoms with van der Waals surface area (Å²) in [6, 6.07) is 35.4. The smallest absolute Gasteiger partial charge is 0.461 e. The number of alkyl halides is 3. The first kappa shape index (κ1) is 68.3. The molecule has 0 radical (unpaired) electrons. The van der Waals surface area contributed by atoms with Gasteiger partial charge in [-0.15, -0.1) is 11.8 Å². The van der Waals surface area contributed by atoms with Gasteiger partial charge in [-0.05, 0) is 164 Å². The molecule has 9 rings (SSSR count). The first-order valence-electron chi connectivity index (χ1n) is 30.3. The van der Waals surface area contributed by atoms with Crippen LogP contribution in [0.4, 0.5) is 18.9 Å². The number of rotatable bonds is 23. The molecular weight excluding hydrogens is 1240 g/mol. The lowest BCUT2D eigenvalue weighted by Gasteiger charge is -2.43. The Kier molecular flexibility index (Phi) is 23.2. The van der Waals surface area contributed by atoms with Crippen LogP contribution in [0.3, 0.4) is 0 Å². The number of halogens is 4. The Labute approximate surface area is 539 Å². The van der Waals surface area contributed by atoms with Gasteiger partial charge >= 0.3 is 23.4 Å². The second-order valence-electron chi connectivity index (χ2n) is 24.0. The lowest BCUT2D eigenvalue weighted by Crippen LogP contribution is -2.62. The van der Waals surface area contributed by atoms with E-state index < -0.39 is 74.8 Å². The van der Waals surface area contributed by atoms with E-state index in [4.69, 9.17) is 40.0 Å². The van der Waals surface area contributed by atoms with Crippen molar-refractivity contribution in [2.45, 2.75) is 131 Å². The maximum absolute atomic E-state index is 15.0. The SMILES string of the molecule is CC(=O)O[C@H]1[C@H](OC(C)=O)[C@H](Oc2ccc(CN(Sc3ccc(C[C@H](CCN4CCOCC4)CSc4ccccc4)c(S(=O)(=O)C(F)(F)F)c3)C(=O)c3ccc(N4CCN(CC5=C(c6ccc(Cl)cc6)CCC(C)(C)C5)CC4)cc3)cc2)O[C@@H](C)[C@H]1OC(C)=O. The van der Waals surface area contributed by atoms with Gasteiger partial charge < -0.3 is 33.3 Å². The highest BCUT2D eigenvalue weighted by Gasteiger charge is 2.52. The Morgan fingerprint density at radius 2 is 1.41 bits per heavy atom. The molecule has 23 heteroatoms. The number of nitrogens with zero attached hydrogens (tertiary/aromatic N) is 4. The Hall–Kier alpha value is -6.11. The normalized spacial score (nSPS) is 21.3. The van der Waals surface area contributed by atoms with Crippen molar-refractivity contribution >= 4 is 80.2 Å². The van der Waals surface area contributed by atoms with Gasteiger partial charge in [-0.3, -0.25) is 33.3 Å². The number of amides is 1. The summed E-state index contributed by atoms with van der Waals surface area (Å²) in [5, 5.41) is 0.710. The largest absolute Gasteiger partial charge is 0.501 e. The third-order valence-electron chi connectivity index (χ3n) is 16.5. The molecule has 5 aromatic carbocycles. The molecule has 3 saturated heterocycles. The van der Waals surface area contributed by atoms with Crippen LogP contribution in [0.25, 0.3) is 5.57 Å². The molecule has 3 heterocycles. The fourth-order valence-corrected chi connectivity index (χ4v) is 15.1. The first-order valence-corrected chi connectivity index (χ1v) is 33.9. The Balaban J connectivity index is 0.975. The lowest BCUT2D eigenvalue weighted by molar-refractivity contribution is -0.280. The van der Waals surface area contributed by atoms with E-state index in [1.807, 2.05) is 54.6 Å². The molecule has 0 spiro atoms. The maximum Gasteiger partial charge on any atom is 0.501 e. The number of esters is 3. The fraction of sp³-hybridized carbons (Fsp3) is 0.463. The summed E-state index contributed by atoms with van der Waals surface area (Å²) < 4.78 is 108. The van der Waals surface area contributed by atoms with E-state index >= 15 is 4.79 Å². The van der Waals surface area contributed by atoms with Gasteiger partial charge in [0, 0.05) is 98.4 Å². The highest BCUT2D eigenvalue weighted by molar-refractivity contribution is 7.99. The molecule has 0 unspecified atom stereocenters. The van der Waals surface area contributed by atoms with Crippen LogP contribution >= 0.6 is 35.3 Å². The third kappa shape index (κ3) is 18.3. The van der Waals surface area contributed by atoms with Crippen molar-refractivity contribution in [3.8, 4) is 5.75 Å². The molecule has 1 aliphatic carbocycles. The topological polar surface area (TPSA) is 171 Å². The lowest BCUT2D eigenvalue weighted by atomic mass is 9.73. The number of piperazine rings is 1. The highest BCUT2D eigenvalue weighted by Crippen LogP contribution is 2.44. The van der Waals surface area contributed by atoms with Crippen molar-refractivity contribution in [3.63, 3.8) is 0 Å². The van der Waals surface area contributed by atoms with E-state index in [1.54, 1.807) is 61.2 Å². The zero-order valence-corrected chi connectivity index (χ0v) is 54.7. The van der Waals surface area contributed by atoms with Gasteiger partial charge in [0.05, 0.1) is 30.8 Å². The van der Waals surface area contributed by atoms with Gasteiger partial charge in [0.15, 0.2) is 12.2 Å². The predicted molar refractivity (Wildman–Crippen MR) is 341 cm³/mol. The number of morpholine rings is 1. The van der Waals surface area contributed by atoms with Crippen LogP contribution in [0.15, 0.2) is 142 Å². The number of carbonyl (C=O) groups excluding carboxylic acids is 4. The second kappa shape index (κ2) is 30.5. The first-order chi connectivity index (χ1) is 42.9. The number of allylic oxidation sites excluding steroid dienone is 1. The summed E-state index contributed by atoms with van der Waals surface area (Å²) >= 11 is 8.64. The minimum Gasteiger partial charge on any atom is -0.461 e. The summed E-state index contributed by atoms with van der Waals surface area (Å²) in [5.41, 5.74) is 0.378. The molecule has 6 atom stereocenters. The number of sulfone groups is 1. The van der Waals surface area contributed by atoms with Crippen molar-refractivity contribution in [1.82, 2.24) is 14.1 Å². The summed E-state index contributed by atoms with van der Waals surface area (Å²) in [7, 11) is -5.90. The molecular formula is C67H78ClF3N4O12S3. The molecule has 0 saturated carbocycles. The van der Waals surface area contributed by atoms with Gasteiger partial charge in [-0.25, -0.2) is 8.42 Å². The standard InChI is InChI=1S/C67H78ClF3N4O12S3/c1-44-61(84-45(2)76)62(85-46(3)77)63(86-47(4)78)65(83-44)87-56-23-12-48(13-24-56)41-75(64(79)51-16-21-55(22-17-51)74-32-30-73(31-33-74)42-53-40-66(5,6)28-26-59(53)50-14-19-54(68)20-15-50)89-58-25-18-52(60(39-58)90(80,81)67(69,70)71)38-49(27-29-72-34-36-82-37-35-72)43-88-57-10-8-7-9-11-57/h7-25,39,44,49,61-63,65H,26-38,40-43H2,1-6H3/t44-,49-,61+,62+,63-,65-/m0/s1. The van der Waals surface area contributed by atoms with Crippen LogP contribution in [0.2, 0.25) is 5.02 Å². The molecule has 1 amide bonds. The molecule has 0 aromatic heterocycles. The number of thioether (sulfide) groups is 1. The van der Waals surface area contributed by atoms with E-state index in [0.717, 1.165) is 94.4 Å². The fourth-order valence-electron chi connectivity index (χ4n) is 11.9. The molecule has 4 aliphatic rings. The predicted octanol–water partition coefficient (Wildman–Crippen LogP) is 12.4. The maximum atomic E-state index is 15.0. The molecule has 16 nitrogen and oxygen atoms in total. The molecule has 3 fully saturated rings. The molecule has 5 aromatic rings. The van der Waals surface area contributed by atoms with E-state index in [9.17, 15) is 36.0 Å². The van der Waals surface area contributed by atoms with Crippen LogP contribution in [-0.2, 0) is 60.9 Å². The van der Waals surface area contributed by atoms with Crippen molar-refractivity contribution in [3.05, 3.63) is 154 Å². The van der Waals surface area contributed by atoms with Crippen LogP contribution < -0.4 is 9.64 Å². The average molecular weight is 1320 g/mol. The van der Waals surface area contributed by atoms with Crippen LogP contribution in [-0.4, -0.2) is 154 Å². The van der Waals surface area contributed by atoms with Crippen molar-refractivity contribution < 1.29 is 69.2 Å². The van der Waals surface area contributed by atoms with Gasteiger partial charge in [-0.2, -0.15) is 13.2 Å². The number of hydrogen-bond acceptors (Lipinski definition) is 17. The highest BCUT2D eigenvalue weighted by atomic mass is 35.5. The molecule has 0 bridgehead atoms. The van der Waals surface area contributed by atoms with E-state index in [0.29, 0.717) is 55.6 Å². The van der Waals surface area contributed by atoms with Crippen molar-refractivity contribution in [1.29, 1.82) is 0 Å². The monoisotopic (exact) mass is 1320 g/mol. The van der Waals surface area contributed by atoms with Crippen LogP contribution in [0, 0.1) is 11.3 Å². The Bertz CT molecular complexity index is 3420. The second-order valence-corrected chi connectivity index (χ2v) is 28.6. The van der Waals surface area contributed by atoms with Gasteiger partial charge in [-0.1, -0.05) is 79.6 Å². The zero-order chi connectivity index (χ0) is 64.3.